The molecule has 0 aromatic carbocycles. The number of carbonyl (C=O) groups is 2. The molecule has 1 rings (SSSR count). The molecular weight excluding hydrogens is 232 g/mol. The summed E-state index contributed by atoms with van der Waals surface area (Å²) < 4.78 is 24.8. The van der Waals surface area contributed by atoms with Crippen LogP contribution in [0.1, 0.15) is 12.8 Å². The highest BCUT2D eigenvalue weighted by molar-refractivity contribution is 6.32. The monoisotopic (exact) mass is 241 g/mol. The zero-order chi connectivity index (χ0) is 11.6. The van der Waals surface area contributed by atoms with E-state index in [1.807, 2.05) is 0 Å². The van der Waals surface area contributed by atoms with E-state index in [4.69, 9.17) is 5.11 Å². The Balaban J connectivity index is 2.51. The summed E-state index contributed by atoms with van der Waals surface area (Å²) in [5.74, 6) is -2.97. The van der Waals surface area contributed by atoms with E-state index in [-0.39, 0.29) is 25.9 Å². The highest BCUT2D eigenvalue weighted by Gasteiger charge is 2.41. The fourth-order valence-electron chi connectivity index (χ4n) is 1.51. The maximum absolute atomic E-state index is 12.4. The van der Waals surface area contributed by atoms with E-state index in [2.05, 4.69) is 11.6 Å². The Hall–Kier alpha value is -0.910. The second kappa shape index (κ2) is 4.30. The SMILES string of the molecule is O=C(O)C1CCN(C(=O)C(F)(F)Cl)CC1. The molecule has 1 aliphatic rings. The summed E-state index contributed by atoms with van der Waals surface area (Å²) in [5.41, 5.74) is 0. The van der Waals surface area contributed by atoms with Crippen LogP contribution in [0.3, 0.4) is 0 Å². The second-order valence-electron chi connectivity index (χ2n) is 3.40. The summed E-state index contributed by atoms with van der Waals surface area (Å²) in [6.45, 7) is 0.0240. The van der Waals surface area contributed by atoms with Crippen LogP contribution >= 0.6 is 11.6 Å². The number of rotatable bonds is 2. The molecule has 0 atom stereocenters. The lowest BCUT2D eigenvalue weighted by Crippen LogP contribution is -2.45. The average molecular weight is 242 g/mol. The Labute approximate surface area is 89.8 Å². The summed E-state index contributed by atoms with van der Waals surface area (Å²) >= 11 is 4.58. The molecule has 0 bridgehead atoms. The molecule has 1 saturated heterocycles. The molecular formula is C8H10ClF2NO3. The van der Waals surface area contributed by atoms with Crippen molar-refractivity contribution in [1.29, 1.82) is 0 Å². The van der Waals surface area contributed by atoms with E-state index >= 15 is 0 Å². The molecule has 1 aliphatic heterocycles. The summed E-state index contributed by atoms with van der Waals surface area (Å²) in [6, 6.07) is 0. The molecule has 1 N–H and O–H groups in total. The summed E-state index contributed by atoms with van der Waals surface area (Å²) in [6.07, 6.45) is 0.377. The van der Waals surface area contributed by atoms with Crippen molar-refractivity contribution in [3.05, 3.63) is 0 Å². The molecule has 15 heavy (non-hydrogen) atoms. The molecule has 1 fully saturated rings. The summed E-state index contributed by atoms with van der Waals surface area (Å²) in [5, 5.41) is 4.75. The van der Waals surface area contributed by atoms with Crippen molar-refractivity contribution >= 4 is 23.5 Å². The van der Waals surface area contributed by atoms with Gasteiger partial charge in [-0.05, 0) is 24.4 Å². The van der Waals surface area contributed by atoms with Crippen molar-refractivity contribution in [1.82, 2.24) is 4.90 Å². The van der Waals surface area contributed by atoms with Crippen LogP contribution in [0.2, 0.25) is 0 Å². The van der Waals surface area contributed by atoms with Crippen molar-refractivity contribution in [2.45, 2.75) is 18.2 Å². The standard InChI is InChI=1S/C8H10ClF2NO3/c9-8(10,11)7(15)12-3-1-5(2-4-12)6(13)14/h5H,1-4H2,(H,13,14). The van der Waals surface area contributed by atoms with Gasteiger partial charge in [0.05, 0.1) is 5.92 Å². The zero-order valence-corrected chi connectivity index (χ0v) is 8.51. The third-order valence-corrected chi connectivity index (χ3v) is 2.54. The molecule has 7 heteroatoms. The Kier molecular flexibility index (Phi) is 3.49. The number of alkyl halides is 3. The highest BCUT2D eigenvalue weighted by Crippen LogP contribution is 2.25. The van der Waals surface area contributed by atoms with Crippen LogP contribution in [0.15, 0.2) is 0 Å². The lowest BCUT2D eigenvalue weighted by Gasteiger charge is -2.30. The molecule has 1 amide bonds. The molecule has 1 heterocycles. The third kappa shape index (κ3) is 3.02. The van der Waals surface area contributed by atoms with Gasteiger partial charge in [-0.3, -0.25) is 9.59 Å². The summed E-state index contributed by atoms with van der Waals surface area (Å²) in [4.78, 5) is 22.4. The highest BCUT2D eigenvalue weighted by atomic mass is 35.5. The molecule has 0 saturated carbocycles. The van der Waals surface area contributed by atoms with Gasteiger partial charge in [-0.15, -0.1) is 0 Å². The number of carboxylic acid groups (broad SMARTS) is 1. The van der Waals surface area contributed by atoms with Crippen LogP contribution in [0.25, 0.3) is 0 Å². The van der Waals surface area contributed by atoms with Gasteiger partial charge < -0.3 is 10.0 Å². The molecule has 0 spiro atoms. The molecule has 0 aliphatic carbocycles. The molecule has 0 radical (unpaired) electrons. The zero-order valence-electron chi connectivity index (χ0n) is 7.75. The van der Waals surface area contributed by atoms with Crippen molar-refractivity contribution in [3.8, 4) is 0 Å². The maximum Gasteiger partial charge on any atom is 0.399 e. The predicted octanol–water partition coefficient (Wildman–Crippen LogP) is 1.14. The van der Waals surface area contributed by atoms with Crippen LogP contribution in [0.5, 0.6) is 0 Å². The Morgan fingerprint density at radius 3 is 2.13 bits per heavy atom. The second-order valence-corrected chi connectivity index (χ2v) is 3.88. The first-order valence-corrected chi connectivity index (χ1v) is 4.79. The van der Waals surface area contributed by atoms with E-state index in [1.54, 1.807) is 0 Å². The number of amides is 1. The predicted molar refractivity (Wildman–Crippen MR) is 47.7 cm³/mol. The number of halogens is 3. The Morgan fingerprint density at radius 1 is 1.33 bits per heavy atom. The van der Waals surface area contributed by atoms with Crippen molar-refractivity contribution in [2.24, 2.45) is 5.92 Å². The van der Waals surface area contributed by atoms with Crippen LogP contribution in [-0.4, -0.2) is 40.4 Å². The number of hydrogen-bond donors (Lipinski definition) is 1. The Bertz CT molecular complexity index is 272. The molecule has 0 aromatic heterocycles. The first kappa shape index (κ1) is 12.2. The van der Waals surface area contributed by atoms with Crippen LogP contribution in [0.4, 0.5) is 8.78 Å². The largest absolute Gasteiger partial charge is 0.481 e. The van der Waals surface area contributed by atoms with Gasteiger partial charge in [-0.2, -0.15) is 8.78 Å². The fraction of sp³-hybridized carbons (Fsp3) is 0.750. The first-order valence-electron chi connectivity index (χ1n) is 4.41. The van der Waals surface area contributed by atoms with Gasteiger partial charge in [0, 0.05) is 13.1 Å². The first-order chi connectivity index (χ1) is 6.82. The van der Waals surface area contributed by atoms with Crippen molar-refractivity contribution in [3.63, 3.8) is 0 Å². The van der Waals surface area contributed by atoms with Gasteiger partial charge in [0.2, 0.25) is 0 Å². The maximum atomic E-state index is 12.4. The van der Waals surface area contributed by atoms with Crippen LogP contribution in [-0.2, 0) is 9.59 Å². The average Bonchev–Trinajstić information content (AvgIpc) is 2.15. The number of hydrogen-bond acceptors (Lipinski definition) is 2. The topological polar surface area (TPSA) is 57.6 Å². The van der Waals surface area contributed by atoms with Gasteiger partial charge in [0.25, 0.3) is 0 Å². The van der Waals surface area contributed by atoms with E-state index < -0.39 is 23.2 Å². The number of piperidine rings is 1. The van der Waals surface area contributed by atoms with Gasteiger partial charge in [0.1, 0.15) is 0 Å². The van der Waals surface area contributed by atoms with Gasteiger partial charge in [0.15, 0.2) is 0 Å². The fourth-order valence-corrected chi connectivity index (χ4v) is 1.63. The smallest absolute Gasteiger partial charge is 0.399 e. The number of nitrogens with zero attached hydrogens (tertiary/aromatic N) is 1. The van der Waals surface area contributed by atoms with E-state index in [0.717, 1.165) is 4.90 Å². The van der Waals surface area contributed by atoms with E-state index in [9.17, 15) is 18.4 Å². The number of carboxylic acids is 1. The van der Waals surface area contributed by atoms with Crippen LogP contribution in [0, 0.1) is 5.92 Å². The number of carbonyl (C=O) groups excluding carboxylic acids is 1. The minimum atomic E-state index is -3.89. The number of aliphatic carboxylic acids is 1. The lowest BCUT2D eigenvalue weighted by molar-refractivity contribution is -0.152. The molecule has 0 aromatic rings. The van der Waals surface area contributed by atoms with Crippen molar-refractivity contribution in [2.75, 3.05) is 13.1 Å². The third-order valence-electron chi connectivity index (χ3n) is 2.37. The van der Waals surface area contributed by atoms with Crippen LogP contribution < -0.4 is 0 Å². The van der Waals surface area contributed by atoms with Gasteiger partial charge >= 0.3 is 17.3 Å². The molecule has 0 unspecified atom stereocenters. The normalized spacial score (nSPS) is 19.0. The minimum Gasteiger partial charge on any atom is -0.481 e. The lowest BCUT2D eigenvalue weighted by atomic mass is 9.97. The quantitative estimate of drug-likeness (QED) is 0.738. The Morgan fingerprint density at radius 2 is 1.80 bits per heavy atom. The molecule has 86 valence electrons. The minimum absolute atomic E-state index is 0.0120. The van der Waals surface area contributed by atoms with Crippen molar-refractivity contribution < 1.29 is 23.5 Å². The van der Waals surface area contributed by atoms with E-state index in [1.165, 1.54) is 0 Å². The van der Waals surface area contributed by atoms with Gasteiger partial charge in [-0.1, -0.05) is 0 Å². The van der Waals surface area contributed by atoms with Gasteiger partial charge in [-0.25, -0.2) is 0 Å². The summed E-state index contributed by atoms with van der Waals surface area (Å²) in [7, 11) is 0. The number of likely N-dealkylation sites (tertiary alicyclic amines) is 1. The molecule has 4 nitrogen and oxygen atoms in total. The van der Waals surface area contributed by atoms with E-state index in [0.29, 0.717) is 0 Å².